The summed E-state index contributed by atoms with van der Waals surface area (Å²) in [5.41, 5.74) is 1.45. The van der Waals surface area contributed by atoms with Crippen LogP contribution >= 0.6 is 0 Å². The van der Waals surface area contributed by atoms with Gasteiger partial charge in [-0.05, 0) is 24.6 Å². The van der Waals surface area contributed by atoms with Gasteiger partial charge in [0.2, 0.25) is 0 Å². The summed E-state index contributed by atoms with van der Waals surface area (Å²) in [5.74, 6) is -1.44. The Kier molecular flexibility index (Phi) is 12.6. The molecule has 0 spiro atoms. The second-order valence-electron chi connectivity index (χ2n) is 3.85. The third kappa shape index (κ3) is 9.66. The second-order valence-corrected chi connectivity index (χ2v) is 3.85. The minimum atomic E-state index is -1.26. The van der Waals surface area contributed by atoms with Gasteiger partial charge in [0.1, 0.15) is 0 Å². The molecular weight excluding hydrogens is 336 g/mol. The molecular formula is C15H16CuN2O4. The van der Waals surface area contributed by atoms with Crippen molar-refractivity contribution in [2.24, 2.45) is 4.99 Å². The van der Waals surface area contributed by atoms with E-state index in [2.05, 4.69) is 9.98 Å². The molecule has 7 heteroatoms. The summed E-state index contributed by atoms with van der Waals surface area (Å²) < 4.78 is 0. The molecule has 0 saturated carbocycles. The van der Waals surface area contributed by atoms with E-state index < -0.39 is 12.5 Å². The Labute approximate surface area is 139 Å². The first-order valence-corrected chi connectivity index (χ1v) is 5.93. The van der Waals surface area contributed by atoms with Gasteiger partial charge in [-0.1, -0.05) is 30.3 Å². The Hall–Kier alpha value is -2.21. The molecule has 0 bridgehead atoms. The van der Waals surface area contributed by atoms with Crippen molar-refractivity contribution in [1.82, 2.24) is 4.98 Å². The molecule has 0 aliphatic carbocycles. The molecule has 0 unspecified atom stereocenters. The van der Waals surface area contributed by atoms with Gasteiger partial charge in [0, 0.05) is 18.1 Å². The monoisotopic (exact) mass is 351 g/mol. The van der Waals surface area contributed by atoms with Crippen LogP contribution in [0.4, 0.5) is 0 Å². The number of hydrogen-bond donors (Lipinski definition) is 0. The van der Waals surface area contributed by atoms with Crippen LogP contribution in [0, 0.1) is 6.92 Å². The minimum Gasteiger partial charge on any atom is -0.872 e. The van der Waals surface area contributed by atoms with E-state index in [1.165, 1.54) is 12.3 Å². The second kappa shape index (κ2) is 12.5. The minimum absolute atomic E-state index is 0. The molecule has 1 aromatic heterocycles. The van der Waals surface area contributed by atoms with E-state index in [1.807, 2.05) is 25.1 Å². The summed E-state index contributed by atoms with van der Waals surface area (Å²) in [7, 11) is 0. The molecule has 1 heterocycles. The van der Waals surface area contributed by atoms with Gasteiger partial charge in [0.05, 0.1) is 12.5 Å². The van der Waals surface area contributed by atoms with Gasteiger partial charge in [-0.25, -0.2) is 0 Å². The van der Waals surface area contributed by atoms with Crippen molar-refractivity contribution in [1.29, 1.82) is 0 Å². The van der Waals surface area contributed by atoms with E-state index in [-0.39, 0.29) is 28.3 Å². The van der Waals surface area contributed by atoms with Crippen molar-refractivity contribution < 1.29 is 37.6 Å². The topological polar surface area (TPSA) is 120 Å². The number of rotatable bonds is 3. The number of pyridine rings is 1. The zero-order valence-electron chi connectivity index (χ0n) is 11.8. The van der Waals surface area contributed by atoms with Crippen LogP contribution in [0.2, 0.25) is 0 Å². The predicted molar refractivity (Wildman–Crippen MR) is 75.9 cm³/mol. The normalized spacial score (nSPS) is 8.95. The molecule has 0 aliphatic rings. The maximum absolute atomic E-state index is 11.0. The average molecular weight is 352 g/mol. The molecule has 0 atom stereocenters. The van der Waals surface area contributed by atoms with Crippen molar-refractivity contribution >= 4 is 12.2 Å². The van der Waals surface area contributed by atoms with Crippen molar-refractivity contribution in [2.75, 3.05) is 6.54 Å². The number of aliphatic carboxylic acids is 1. The number of carbonyl (C=O) groups is 1. The largest absolute Gasteiger partial charge is 2.00 e. The number of aliphatic imine (C=N–C) groups is 1. The van der Waals surface area contributed by atoms with Crippen molar-refractivity contribution in [2.45, 2.75) is 6.92 Å². The Morgan fingerprint density at radius 2 is 1.86 bits per heavy atom. The quantitative estimate of drug-likeness (QED) is 0.546. The van der Waals surface area contributed by atoms with Crippen LogP contribution in [-0.2, 0) is 21.9 Å². The summed E-state index contributed by atoms with van der Waals surface area (Å²) in [4.78, 5) is 17.5. The van der Waals surface area contributed by atoms with Gasteiger partial charge in [0.25, 0.3) is 0 Å². The van der Waals surface area contributed by atoms with Crippen LogP contribution in [0.25, 0.3) is 0 Å². The van der Waals surface area contributed by atoms with Crippen molar-refractivity contribution in [3.05, 3.63) is 59.9 Å². The average Bonchev–Trinajstić information content (AvgIpc) is 2.42. The summed E-state index contributed by atoms with van der Waals surface area (Å²) in [5, 5.41) is 21.0. The van der Waals surface area contributed by atoms with Crippen LogP contribution in [0.3, 0.4) is 0 Å². The molecule has 2 aromatic rings. The first-order chi connectivity index (χ1) is 9.59. The Bertz CT molecular complexity index is 577. The molecule has 1 radical (unpaired) electrons. The van der Waals surface area contributed by atoms with E-state index >= 15 is 0 Å². The smallest absolute Gasteiger partial charge is 0.872 e. The number of nitrogens with zero attached hydrogens (tertiary/aromatic N) is 2. The van der Waals surface area contributed by atoms with Crippen LogP contribution in [0.5, 0.6) is 5.75 Å². The standard InChI is InChI=1S/C9H9NO3.C6H7N.Cu.H2O/c11-8-4-2-1-3-7(8)5-10-6-9(12)13;1-6-4-2-3-5-7-6;;/h1-5,11H,6H2,(H,12,13);2-5H,1H3;;1H2/q;;+2;/p-2. The molecule has 1 aromatic carbocycles. The fourth-order valence-electron chi connectivity index (χ4n) is 1.25. The van der Waals surface area contributed by atoms with Crippen molar-refractivity contribution in [3.63, 3.8) is 0 Å². The summed E-state index contributed by atoms with van der Waals surface area (Å²) in [6, 6.07) is 12.1. The fourth-order valence-corrected chi connectivity index (χ4v) is 1.25. The van der Waals surface area contributed by atoms with E-state index in [9.17, 15) is 15.0 Å². The maximum atomic E-state index is 11.0. The zero-order valence-corrected chi connectivity index (χ0v) is 12.8. The third-order valence-electron chi connectivity index (χ3n) is 2.18. The van der Waals surface area contributed by atoms with Gasteiger partial charge >= 0.3 is 17.1 Å². The van der Waals surface area contributed by atoms with Crippen molar-refractivity contribution in [3.8, 4) is 5.75 Å². The van der Waals surface area contributed by atoms with Gasteiger partial charge in [-0.2, -0.15) is 0 Å². The molecule has 2 rings (SSSR count). The first kappa shape index (κ1) is 22.1. The van der Waals surface area contributed by atoms with E-state index in [4.69, 9.17) is 0 Å². The number of para-hydroxylation sites is 1. The predicted octanol–water partition coefficient (Wildman–Crippen LogP) is -0.508. The van der Waals surface area contributed by atoms with Crippen LogP contribution in [0.15, 0.2) is 53.7 Å². The van der Waals surface area contributed by atoms with E-state index in [0.717, 1.165) is 5.69 Å². The fraction of sp³-hybridized carbons (Fsp3) is 0.133. The Morgan fingerprint density at radius 1 is 1.23 bits per heavy atom. The molecule has 0 fully saturated rings. The first-order valence-electron chi connectivity index (χ1n) is 5.93. The third-order valence-corrected chi connectivity index (χ3v) is 2.18. The summed E-state index contributed by atoms with van der Waals surface area (Å²) >= 11 is 0. The van der Waals surface area contributed by atoms with E-state index in [0.29, 0.717) is 5.56 Å². The molecule has 2 N–H and O–H groups in total. The Morgan fingerprint density at radius 3 is 2.32 bits per heavy atom. The molecule has 121 valence electrons. The van der Waals surface area contributed by atoms with Gasteiger partial charge in [0.15, 0.2) is 0 Å². The molecule has 0 aliphatic heterocycles. The summed E-state index contributed by atoms with van der Waals surface area (Å²) in [6.45, 7) is 1.55. The van der Waals surface area contributed by atoms with Gasteiger partial charge < -0.3 is 20.5 Å². The zero-order chi connectivity index (χ0) is 14.8. The number of aryl methyl sites for hydroxylation is 1. The molecule has 6 nitrogen and oxygen atoms in total. The molecule has 0 saturated heterocycles. The van der Waals surface area contributed by atoms with Gasteiger partial charge in [-0.3, -0.25) is 9.98 Å². The summed E-state index contributed by atoms with van der Waals surface area (Å²) in [6.07, 6.45) is 3.02. The molecule has 0 amide bonds. The van der Waals surface area contributed by atoms with Crippen LogP contribution < -0.4 is 10.2 Å². The SMILES string of the molecule is Cc1ccccn1.O.O=C([O-])CN=Cc1ccccc1[O-].[Cu+2]. The Balaban J connectivity index is 0. The number of aromatic nitrogens is 1. The number of benzene rings is 1. The molecule has 22 heavy (non-hydrogen) atoms. The van der Waals surface area contributed by atoms with Gasteiger partial charge in [-0.15, -0.1) is 5.75 Å². The number of carboxylic acid groups (broad SMARTS) is 1. The van der Waals surface area contributed by atoms with E-state index in [1.54, 1.807) is 24.4 Å². The number of hydrogen-bond acceptors (Lipinski definition) is 5. The number of carbonyl (C=O) groups excluding carboxylic acids is 1. The number of carboxylic acids is 1. The van der Waals surface area contributed by atoms with Crippen LogP contribution in [-0.4, -0.2) is 29.2 Å². The maximum Gasteiger partial charge on any atom is 2.00 e. The van der Waals surface area contributed by atoms with Crippen LogP contribution in [0.1, 0.15) is 11.3 Å².